The van der Waals surface area contributed by atoms with Crippen LogP contribution in [-0.2, 0) is 13.1 Å². The van der Waals surface area contributed by atoms with Gasteiger partial charge in [0.15, 0.2) is 0 Å². The number of aromatic nitrogens is 2. The normalized spacial score (nSPS) is 25.5. The van der Waals surface area contributed by atoms with E-state index in [2.05, 4.69) is 38.0 Å². The van der Waals surface area contributed by atoms with E-state index in [1.807, 2.05) is 30.7 Å². The molecule has 2 unspecified atom stereocenters. The van der Waals surface area contributed by atoms with Crippen molar-refractivity contribution in [2.75, 3.05) is 26.2 Å². The fourth-order valence-corrected chi connectivity index (χ4v) is 3.92. The Bertz CT molecular complexity index is 533. The molecule has 0 N–H and O–H groups in total. The van der Waals surface area contributed by atoms with Crippen LogP contribution >= 0.6 is 0 Å². The maximum atomic E-state index is 4.45. The summed E-state index contributed by atoms with van der Waals surface area (Å²) in [6, 6.07) is 10.4. The number of pyridine rings is 2. The Morgan fingerprint density at radius 3 is 2.27 bits per heavy atom. The van der Waals surface area contributed by atoms with Gasteiger partial charge in [0.05, 0.1) is 5.69 Å². The molecule has 0 aromatic carbocycles. The van der Waals surface area contributed by atoms with Crippen LogP contribution in [-0.4, -0.2) is 45.9 Å². The second kappa shape index (κ2) is 6.15. The lowest BCUT2D eigenvalue weighted by Crippen LogP contribution is -2.28. The van der Waals surface area contributed by atoms with E-state index in [1.54, 1.807) is 0 Å². The molecule has 4 heteroatoms. The van der Waals surface area contributed by atoms with Crippen molar-refractivity contribution < 1.29 is 0 Å². The lowest BCUT2D eigenvalue weighted by atomic mass is 10.0. The number of hydrogen-bond donors (Lipinski definition) is 0. The van der Waals surface area contributed by atoms with Crippen LogP contribution in [0.25, 0.3) is 0 Å². The third-order valence-electron chi connectivity index (χ3n) is 4.88. The van der Waals surface area contributed by atoms with Gasteiger partial charge in [0, 0.05) is 57.9 Å². The molecule has 4 heterocycles. The average Bonchev–Trinajstić information content (AvgIpc) is 3.07. The maximum absolute atomic E-state index is 4.45. The van der Waals surface area contributed by atoms with Crippen molar-refractivity contribution in [1.82, 2.24) is 19.8 Å². The summed E-state index contributed by atoms with van der Waals surface area (Å²) in [5, 5.41) is 0. The molecule has 0 spiro atoms. The number of hydrogen-bond acceptors (Lipinski definition) is 4. The van der Waals surface area contributed by atoms with Crippen LogP contribution in [0, 0.1) is 11.8 Å². The van der Waals surface area contributed by atoms with Crippen molar-refractivity contribution in [3.8, 4) is 0 Å². The first-order valence-corrected chi connectivity index (χ1v) is 8.10. The number of fused-ring (bicyclic) bond motifs is 1. The highest BCUT2D eigenvalue weighted by Crippen LogP contribution is 2.32. The molecule has 2 saturated heterocycles. The van der Waals surface area contributed by atoms with Gasteiger partial charge < -0.3 is 0 Å². The molecule has 0 aliphatic carbocycles. The highest BCUT2D eigenvalue weighted by molar-refractivity contribution is 5.09. The van der Waals surface area contributed by atoms with Gasteiger partial charge in [-0.3, -0.25) is 19.8 Å². The topological polar surface area (TPSA) is 32.3 Å². The average molecular weight is 294 g/mol. The number of likely N-dealkylation sites (tertiary alicyclic amines) is 2. The Labute approximate surface area is 131 Å². The summed E-state index contributed by atoms with van der Waals surface area (Å²) in [6.07, 6.45) is 5.72. The fraction of sp³-hybridized carbons (Fsp3) is 0.444. The summed E-state index contributed by atoms with van der Waals surface area (Å²) in [5.74, 6) is 1.64. The molecular formula is C18H22N4. The van der Waals surface area contributed by atoms with Crippen LogP contribution in [0.2, 0.25) is 0 Å². The van der Waals surface area contributed by atoms with Crippen molar-refractivity contribution in [3.63, 3.8) is 0 Å². The molecule has 2 aliphatic heterocycles. The molecule has 0 amide bonds. The van der Waals surface area contributed by atoms with Crippen LogP contribution in [0.15, 0.2) is 48.9 Å². The monoisotopic (exact) mass is 294 g/mol. The van der Waals surface area contributed by atoms with Gasteiger partial charge in [-0.1, -0.05) is 12.1 Å². The minimum atomic E-state index is 0.820. The van der Waals surface area contributed by atoms with Crippen molar-refractivity contribution in [1.29, 1.82) is 0 Å². The summed E-state index contributed by atoms with van der Waals surface area (Å²) in [5.41, 5.74) is 2.52. The van der Waals surface area contributed by atoms with E-state index in [0.29, 0.717) is 0 Å². The van der Waals surface area contributed by atoms with Gasteiger partial charge in [0.25, 0.3) is 0 Å². The second-order valence-electron chi connectivity index (χ2n) is 6.59. The highest BCUT2D eigenvalue weighted by atomic mass is 15.2. The molecule has 0 bridgehead atoms. The predicted octanol–water partition coefficient (Wildman–Crippen LogP) is 2.04. The molecule has 22 heavy (non-hydrogen) atoms. The third kappa shape index (κ3) is 3.03. The van der Waals surface area contributed by atoms with Gasteiger partial charge >= 0.3 is 0 Å². The quantitative estimate of drug-likeness (QED) is 0.864. The smallest absolute Gasteiger partial charge is 0.0543 e. The summed E-state index contributed by atoms with van der Waals surface area (Å²) in [7, 11) is 0. The van der Waals surface area contributed by atoms with Crippen LogP contribution in [0.5, 0.6) is 0 Å². The van der Waals surface area contributed by atoms with Crippen molar-refractivity contribution >= 4 is 0 Å². The maximum Gasteiger partial charge on any atom is 0.0543 e. The molecule has 0 saturated carbocycles. The molecule has 4 nitrogen and oxygen atoms in total. The molecule has 114 valence electrons. The van der Waals surface area contributed by atoms with Crippen LogP contribution in [0.3, 0.4) is 0 Å². The van der Waals surface area contributed by atoms with E-state index in [-0.39, 0.29) is 0 Å². The Morgan fingerprint density at radius 1 is 0.864 bits per heavy atom. The molecule has 0 radical (unpaired) electrons. The third-order valence-corrected chi connectivity index (χ3v) is 4.88. The largest absolute Gasteiger partial charge is 0.298 e. The van der Waals surface area contributed by atoms with Gasteiger partial charge in [-0.05, 0) is 35.6 Å². The first-order valence-electron chi connectivity index (χ1n) is 8.10. The summed E-state index contributed by atoms with van der Waals surface area (Å²) < 4.78 is 0. The summed E-state index contributed by atoms with van der Waals surface area (Å²) in [6.45, 7) is 6.91. The molecule has 4 rings (SSSR count). The fourth-order valence-electron chi connectivity index (χ4n) is 3.92. The molecule has 2 aromatic rings. The first kappa shape index (κ1) is 13.9. The van der Waals surface area contributed by atoms with Gasteiger partial charge in [0.1, 0.15) is 0 Å². The lowest BCUT2D eigenvalue weighted by molar-refractivity contribution is 0.244. The van der Waals surface area contributed by atoms with E-state index in [9.17, 15) is 0 Å². The van der Waals surface area contributed by atoms with Crippen LogP contribution < -0.4 is 0 Å². The van der Waals surface area contributed by atoms with E-state index in [1.165, 1.54) is 37.4 Å². The Morgan fingerprint density at radius 2 is 1.64 bits per heavy atom. The predicted molar refractivity (Wildman–Crippen MR) is 86.0 cm³/mol. The van der Waals surface area contributed by atoms with Gasteiger partial charge in [-0.25, -0.2) is 0 Å². The van der Waals surface area contributed by atoms with Crippen LogP contribution in [0.4, 0.5) is 0 Å². The Kier molecular flexibility index (Phi) is 3.87. The highest BCUT2D eigenvalue weighted by Gasteiger charge is 2.39. The minimum Gasteiger partial charge on any atom is -0.298 e. The van der Waals surface area contributed by atoms with E-state index in [0.717, 1.165) is 24.9 Å². The zero-order chi connectivity index (χ0) is 14.8. The molecular weight excluding hydrogens is 272 g/mol. The van der Waals surface area contributed by atoms with Crippen LogP contribution in [0.1, 0.15) is 11.3 Å². The summed E-state index contributed by atoms with van der Waals surface area (Å²) >= 11 is 0. The zero-order valence-corrected chi connectivity index (χ0v) is 12.8. The molecule has 2 fully saturated rings. The van der Waals surface area contributed by atoms with Gasteiger partial charge in [-0.2, -0.15) is 0 Å². The number of rotatable bonds is 4. The van der Waals surface area contributed by atoms with Crippen molar-refractivity contribution in [2.24, 2.45) is 11.8 Å². The number of nitrogens with zero attached hydrogens (tertiary/aromatic N) is 4. The SMILES string of the molecule is c1ccc(CN2CC3CN(Cc4cccnc4)CC3C2)nc1. The molecule has 2 aromatic heterocycles. The molecule has 2 atom stereocenters. The van der Waals surface area contributed by atoms with E-state index < -0.39 is 0 Å². The first-order chi connectivity index (χ1) is 10.9. The summed E-state index contributed by atoms with van der Waals surface area (Å²) in [4.78, 5) is 13.8. The van der Waals surface area contributed by atoms with E-state index in [4.69, 9.17) is 0 Å². The van der Waals surface area contributed by atoms with E-state index >= 15 is 0 Å². The lowest BCUT2D eigenvalue weighted by Gasteiger charge is -2.21. The standard InChI is InChI=1S/C18H22N4/c1-2-7-20-18(5-1)14-22-12-16-10-21(11-17(16)13-22)9-15-4-3-6-19-8-15/h1-8,16-17H,9-14H2. The van der Waals surface area contributed by atoms with Gasteiger partial charge in [-0.15, -0.1) is 0 Å². The Hall–Kier alpha value is -1.78. The van der Waals surface area contributed by atoms with Crippen molar-refractivity contribution in [3.05, 3.63) is 60.2 Å². The van der Waals surface area contributed by atoms with Gasteiger partial charge in [0.2, 0.25) is 0 Å². The zero-order valence-electron chi connectivity index (χ0n) is 12.8. The Balaban J connectivity index is 1.31. The second-order valence-corrected chi connectivity index (χ2v) is 6.59. The molecule has 2 aliphatic rings. The minimum absolute atomic E-state index is 0.820. The van der Waals surface area contributed by atoms with Crippen molar-refractivity contribution in [2.45, 2.75) is 13.1 Å².